The van der Waals surface area contributed by atoms with Crippen molar-refractivity contribution in [3.05, 3.63) is 40.3 Å². The molecule has 0 bridgehead atoms. The van der Waals surface area contributed by atoms with Crippen molar-refractivity contribution in [2.45, 2.75) is 32.9 Å². The highest BCUT2D eigenvalue weighted by atomic mass is 32.1. The van der Waals surface area contributed by atoms with Crippen molar-refractivity contribution in [2.75, 3.05) is 5.32 Å². The van der Waals surface area contributed by atoms with E-state index in [1.807, 2.05) is 24.4 Å². The van der Waals surface area contributed by atoms with Crippen LogP contribution in [0.25, 0.3) is 0 Å². The van der Waals surface area contributed by atoms with E-state index in [9.17, 15) is 4.79 Å². The first-order chi connectivity index (χ1) is 11.7. The van der Waals surface area contributed by atoms with Gasteiger partial charge in [0.15, 0.2) is 11.6 Å². The Bertz CT molecular complexity index is 781. The van der Waals surface area contributed by atoms with Crippen LogP contribution in [0, 0.1) is 0 Å². The first-order valence-corrected chi connectivity index (χ1v) is 8.39. The summed E-state index contributed by atoms with van der Waals surface area (Å²) in [5, 5.41) is 18.9. The second-order valence-corrected chi connectivity index (χ2v) is 6.07. The van der Waals surface area contributed by atoms with Gasteiger partial charge in [0.25, 0.3) is 0 Å². The molecule has 3 heterocycles. The Balaban J connectivity index is 1.46. The second kappa shape index (κ2) is 7.68. The van der Waals surface area contributed by atoms with Crippen molar-refractivity contribution in [1.82, 2.24) is 30.5 Å². The largest absolute Gasteiger partial charge is 0.339 e. The first-order valence-electron chi connectivity index (χ1n) is 7.51. The standard InChI is InChI=1S/C14H17N7O2S/c1-2-5-21-9-12(18-20-21)17-14(22)15-8-11-16-13(23-19-11)7-10-4-3-6-24-10/h3-4,6,9H,2,5,7-8H2,1H3,(H2,15,17,22). The fourth-order valence-electron chi connectivity index (χ4n) is 2.01. The van der Waals surface area contributed by atoms with Gasteiger partial charge in [-0.15, -0.1) is 16.4 Å². The number of thiophene rings is 1. The molecular formula is C14H17N7O2S. The fourth-order valence-corrected chi connectivity index (χ4v) is 2.71. The van der Waals surface area contributed by atoms with Crippen LogP contribution in [0.15, 0.2) is 28.2 Å². The van der Waals surface area contributed by atoms with Crippen molar-refractivity contribution in [2.24, 2.45) is 0 Å². The normalized spacial score (nSPS) is 10.7. The van der Waals surface area contributed by atoms with Crippen LogP contribution in [-0.4, -0.2) is 31.2 Å². The molecule has 2 amide bonds. The summed E-state index contributed by atoms with van der Waals surface area (Å²) in [5.74, 6) is 1.34. The number of rotatable bonds is 7. The molecule has 0 radical (unpaired) electrons. The molecule has 3 rings (SSSR count). The number of anilines is 1. The SMILES string of the molecule is CCCn1cc(NC(=O)NCc2noc(Cc3cccs3)n2)nn1. The number of nitrogens with one attached hydrogen (secondary N) is 2. The van der Waals surface area contributed by atoms with Crippen LogP contribution in [0.1, 0.15) is 29.9 Å². The molecule has 126 valence electrons. The molecule has 9 nitrogen and oxygen atoms in total. The maximum absolute atomic E-state index is 11.8. The van der Waals surface area contributed by atoms with E-state index >= 15 is 0 Å². The molecule has 0 saturated carbocycles. The Hall–Kier alpha value is -2.75. The van der Waals surface area contributed by atoms with Gasteiger partial charge in [0.05, 0.1) is 19.2 Å². The van der Waals surface area contributed by atoms with Gasteiger partial charge in [-0.2, -0.15) is 4.98 Å². The number of carbonyl (C=O) groups is 1. The number of hydrogen-bond acceptors (Lipinski definition) is 7. The smallest absolute Gasteiger partial charge is 0.320 e. The van der Waals surface area contributed by atoms with E-state index in [0.29, 0.717) is 24.0 Å². The molecule has 0 aliphatic carbocycles. The van der Waals surface area contributed by atoms with Crippen LogP contribution in [0.2, 0.25) is 0 Å². The van der Waals surface area contributed by atoms with Gasteiger partial charge in [0.1, 0.15) is 0 Å². The Morgan fingerprint density at radius 2 is 2.38 bits per heavy atom. The molecule has 0 saturated heterocycles. The number of hydrogen-bond donors (Lipinski definition) is 2. The Morgan fingerprint density at radius 1 is 1.46 bits per heavy atom. The number of amides is 2. The van der Waals surface area contributed by atoms with Gasteiger partial charge in [-0.1, -0.05) is 23.4 Å². The summed E-state index contributed by atoms with van der Waals surface area (Å²) in [4.78, 5) is 17.2. The number of nitrogens with zero attached hydrogens (tertiary/aromatic N) is 5. The molecule has 2 N–H and O–H groups in total. The fraction of sp³-hybridized carbons (Fsp3) is 0.357. The lowest BCUT2D eigenvalue weighted by Crippen LogP contribution is -2.28. The van der Waals surface area contributed by atoms with Gasteiger partial charge in [-0.3, -0.25) is 10.00 Å². The van der Waals surface area contributed by atoms with Crippen molar-refractivity contribution < 1.29 is 9.32 Å². The lowest BCUT2D eigenvalue weighted by molar-refractivity contribution is 0.251. The van der Waals surface area contributed by atoms with Gasteiger partial charge >= 0.3 is 6.03 Å². The molecule has 0 aliphatic heterocycles. The maximum Gasteiger partial charge on any atom is 0.320 e. The quantitative estimate of drug-likeness (QED) is 0.677. The van der Waals surface area contributed by atoms with Crippen LogP contribution < -0.4 is 10.6 Å². The molecular weight excluding hydrogens is 330 g/mol. The predicted octanol–water partition coefficient (Wildman–Crippen LogP) is 2.05. The van der Waals surface area contributed by atoms with E-state index in [-0.39, 0.29) is 6.54 Å². The van der Waals surface area contributed by atoms with Crippen molar-refractivity contribution in [3.8, 4) is 0 Å². The van der Waals surface area contributed by atoms with Crippen LogP contribution in [0.3, 0.4) is 0 Å². The zero-order chi connectivity index (χ0) is 16.8. The minimum atomic E-state index is -0.400. The van der Waals surface area contributed by atoms with Gasteiger partial charge in [0, 0.05) is 11.4 Å². The molecule has 3 aromatic heterocycles. The number of urea groups is 1. The van der Waals surface area contributed by atoms with Crippen LogP contribution in [0.5, 0.6) is 0 Å². The summed E-state index contributed by atoms with van der Waals surface area (Å²) < 4.78 is 6.84. The third kappa shape index (κ3) is 4.38. The summed E-state index contributed by atoms with van der Waals surface area (Å²) in [7, 11) is 0. The number of carbonyl (C=O) groups excluding carboxylic acids is 1. The average molecular weight is 347 g/mol. The molecule has 0 spiro atoms. The summed E-state index contributed by atoms with van der Waals surface area (Å²) in [6, 6.07) is 3.58. The van der Waals surface area contributed by atoms with Gasteiger partial charge in [-0.05, 0) is 17.9 Å². The van der Waals surface area contributed by atoms with E-state index in [2.05, 4.69) is 31.1 Å². The zero-order valence-electron chi connectivity index (χ0n) is 13.1. The molecule has 0 atom stereocenters. The summed E-state index contributed by atoms with van der Waals surface area (Å²) in [5.41, 5.74) is 0. The van der Waals surface area contributed by atoms with E-state index < -0.39 is 6.03 Å². The zero-order valence-corrected chi connectivity index (χ0v) is 13.9. The summed E-state index contributed by atoms with van der Waals surface area (Å²) in [6.07, 6.45) is 3.22. The van der Waals surface area contributed by atoms with E-state index in [1.54, 1.807) is 22.2 Å². The Labute approximate surface area is 142 Å². The summed E-state index contributed by atoms with van der Waals surface area (Å²) in [6.45, 7) is 2.97. The lowest BCUT2D eigenvalue weighted by atomic mass is 10.3. The Morgan fingerprint density at radius 3 is 3.17 bits per heavy atom. The predicted molar refractivity (Wildman–Crippen MR) is 87.6 cm³/mol. The average Bonchev–Trinajstić information content (AvgIpc) is 3.29. The van der Waals surface area contributed by atoms with Crippen LogP contribution in [0.4, 0.5) is 10.6 Å². The third-order valence-corrected chi connectivity index (χ3v) is 3.93. The number of aromatic nitrogens is 5. The number of aryl methyl sites for hydroxylation is 1. The van der Waals surface area contributed by atoms with Crippen LogP contribution in [-0.2, 0) is 19.5 Å². The van der Waals surface area contributed by atoms with E-state index in [1.165, 1.54) is 0 Å². The van der Waals surface area contributed by atoms with Gasteiger partial charge in [-0.25, -0.2) is 4.79 Å². The molecule has 3 aromatic rings. The summed E-state index contributed by atoms with van der Waals surface area (Å²) >= 11 is 1.63. The molecule has 0 unspecified atom stereocenters. The van der Waals surface area contributed by atoms with E-state index in [0.717, 1.165) is 17.8 Å². The van der Waals surface area contributed by atoms with Gasteiger partial charge < -0.3 is 9.84 Å². The van der Waals surface area contributed by atoms with Crippen molar-refractivity contribution >= 4 is 23.2 Å². The van der Waals surface area contributed by atoms with E-state index in [4.69, 9.17) is 4.52 Å². The van der Waals surface area contributed by atoms with Crippen molar-refractivity contribution in [3.63, 3.8) is 0 Å². The minimum Gasteiger partial charge on any atom is -0.339 e. The maximum atomic E-state index is 11.8. The molecule has 0 aromatic carbocycles. The molecule has 24 heavy (non-hydrogen) atoms. The lowest BCUT2D eigenvalue weighted by Gasteiger charge is -2.01. The van der Waals surface area contributed by atoms with Gasteiger partial charge in [0.2, 0.25) is 5.89 Å². The second-order valence-electron chi connectivity index (χ2n) is 5.04. The van der Waals surface area contributed by atoms with Crippen LogP contribution >= 0.6 is 11.3 Å². The third-order valence-electron chi connectivity index (χ3n) is 3.06. The highest BCUT2D eigenvalue weighted by Gasteiger charge is 2.10. The first kappa shape index (κ1) is 16.1. The minimum absolute atomic E-state index is 0.170. The Kier molecular flexibility index (Phi) is 5.16. The molecule has 0 fully saturated rings. The highest BCUT2D eigenvalue weighted by Crippen LogP contribution is 2.13. The van der Waals surface area contributed by atoms with Crippen molar-refractivity contribution in [1.29, 1.82) is 0 Å². The highest BCUT2D eigenvalue weighted by molar-refractivity contribution is 7.09. The topological polar surface area (TPSA) is 111 Å². The molecule has 0 aliphatic rings. The molecule has 10 heteroatoms. The monoisotopic (exact) mass is 347 g/mol.